The molecule has 0 saturated carbocycles. The normalized spacial score (nSPS) is 17.9. The molecule has 2 heterocycles. The first-order valence-electron chi connectivity index (χ1n) is 7.83. The highest BCUT2D eigenvalue weighted by molar-refractivity contribution is 7.89. The van der Waals surface area contributed by atoms with Crippen molar-refractivity contribution in [3.8, 4) is 0 Å². The lowest BCUT2D eigenvalue weighted by atomic mass is 9.91. The molecule has 0 radical (unpaired) electrons. The fourth-order valence-electron chi connectivity index (χ4n) is 2.71. The van der Waals surface area contributed by atoms with Crippen molar-refractivity contribution in [1.82, 2.24) is 14.6 Å². The van der Waals surface area contributed by atoms with Crippen LogP contribution in [0.5, 0.6) is 0 Å². The Bertz CT molecular complexity index is 611. The molecule has 1 aromatic rings. The lowest BCUT2D eigenvalue weighted by Crippen LogP contribution is -2.43. The summed E-state index contributed by atoms with van der Waals surface area (Å²) in [6.07, 6.45) is 4.76. The number of aromatic nitrogens is 1. The number of likely N-dealkylation sites (tertiary alicyclic amines) is 1. The number of piperidine rings is 1. The number of sulfonamides is 1. The number of carbonyl (C=O) groups is 1. The van der Waals surface area contributed by atoms with Gasteiger partial charge in [0.25, 0.3) is 0 Å². The highest BCUT2D eigenvalue weighted by Crippen LogP contribution is 2.19. The van der Waals surface area contributed by atoms with Gasteiger partial charge in [0.05, 0.1) is 0 Å². The number of pyridine rings is 1. The minimum Gasteiger partial charge on any atom is -0.343 e. The van der Waals surface area contributed by atoms with E-state index in [1.54, 1.807) is 11.0 Å². The van der Waals surface area contributed by atoms with Gasteiger partial charge in [0.2, 0.25) is 15.9 Å². The van der Waals surface area contributed by atoms with Gasteiger partial charge in [-0.3, -0.25) is 9.78 Å². The molecule has 0 aliphatic carbocycles. The van der Waals surface area contributed by atoms with E-state index in [1.165, 1.54) is 18.5 Å². The summed E-state index contributed by atoms with van der Waals surface area (Å²) < 4.78 is 26.5. The standard InChI is InChI=1S/C15H24N4O3S/c1-12(16)13-5-9-19(10-6-13)15(20)4-8-18-23(21,22)14-3-2-7-17-11-14/h2-3,7,11-13,18H,4-6,8-10,16H2,1H3. The van der Waals surface area contributed by atoms with Gasteiger partial charge in [-0.05, 0) is 37.8 Å². The molecule has 1 atom stereocenters. The van der Waals surface area contributed by atoms with Gasteiger partial charge >= 0.3 is 0 Å². The van der Waals surface area contributed by atoms with E-state index in [0.717, 1.165) is 12.8 Å². The minimum atomic E-state index is -3.61. The zero-order chi connectivity index (χ0) is 16.9. The second-order valence-corrected chi connectivity index (χ2v) is 7.68. The Hall–Kier alpha value is -1.51. The number of nitrogens with zero attached hydrogens (tertiary/aromatic N) is 2. The van der Waals surface area contributed by atoms with Crippen molar-refractivity contribution in [3.63, 3.8) is 0 Å². The van der Waals surface area contributed by atoms with Crippen LogP contribution in [-0.4, -0.2) is 49.9 Å². The SMILES string of the molecule is CC(N)C1CCN(C(=O)CCNS(=O)(=O)c2cccnc2)CC1. The maximum Gasteiger partial charge on any atom is 0.242 e. The van der Waals surface area contributed by atoms with Gasteiger partial charge in [-0.1, -0.05) is 0 Å². The Balaban J connectivity index is 1.77. The number of hydrogen-bond donors (Lipinski definition) is 2. The highest BCUT2D eigenvalue weighted by Gasteiger charge is 2.24. The van der Waals surface area contributed by atoms with Gasteiger partial charge < -0.3 is 10.6 Å². The molecule has 1 aromatic heterocycles. The van der Waals surface area contributed by atoms with E-state index >= 15 is 0 Å². The number of rotatable bonds is 6. The first kappa shape index (κ1) is 17.8. The summed E-state index contributed by atoms with van der Waals surface area (Å²) in [6.45, 7) is 3.47. The molecule has 0 bridgehead atoms. The summed E-state index contributed by atoms with van der Waals surface area (Å²) in [5.74, 6) is 0.435. The van der Waals surface area contributed by atoms with Crippen LogP contribution in [0, 0.1) is 5.92 Å². The van der Waals surface area contributed by atoms with E-state index in [2.05, 4.69) is 9.71 Å². The van der Waals surface area contributed by atoms with E-state index in [-0.39, 0.29) is 29.8 Å². The molecule has 1 unspecified atom stereocenters. The molecule has 1 fully saturated rings. The zero-order valence-electron chi connectivity index (χ0n) is 13.3. The Morgan fingerprint density at radius 3 is 2.74 bits per heavy atom. The lowest BCUT2D eigenvalue weighted by Gasteiger charge is -2.33. The summed E-state index contributed by atoms with van der Waals surface area (Å²) in [7, 11) is -3.61. The fraction of sp³-hybridized carbons (Fsp3) is 0.600. The third-order valence-corrected chi connectivity index (χ3v) is 5.66. The molecule has 1 aliphatic heterocycles. The largest absolute Gasteiger partial charge is 0.343 e. The quantitative estimate of drug-likeness (QED) is 0.777. The Kier molecular flexibility index (Phi) is 6.09. The highest BCUT2D eigenvalue weighted by atomic mass is 32.2. The second kappa shape index (κ2) is 7.85. The van der Waals surface area contributed by atoms with Crippen molar-refractivity contribution in [3.05, 3.63) is 24.5 Å². The summed E-state index contributed by atoms with van der Waals surface area (Å²) in [4.78, 5) is 17.8. The zero-order valence-corrected chi connectivity index (χ0v) is 14.1. The van der Waals surface area contributed by atoms with Crippen LogP contribution < -0.4 is 10.5 Å². The molecule has 3 N–H and O–H groups in total. The van der Waals surface area contributed by atoms with Crippen LogP contribution in [0.2, 0.25) is 0 Å². The van der Waals surface area contributed by atoms with Crippen molar-refractivity contribution >= 4 is 15.9 Å². The van der Waals surface area contributed by atoms with Crippen molar-refractivity contribution in [1.29, 1.82) is 0 Å². The van der Waals surface area contributed by atoms with E-state index in [9.17, 15) is 13.2 Å². The van der Waals surface area contributed by atoms with Crippen LogP contribution in [0.25, 0.3) is 0 Å². The maximum absolute atomic E-state index is 12.1. The topological polar surface area (TPSA) is 105 Å². The molecule has 7 nitrogen and oxygen atoms in total. The molecule has 1 saturated heterocycles. The van der Waals surface area contributed by atoms with Gasteiger partial charge in [-0.15, -0.1) is 0 Å². The first-order chi connectivity index (χ1) is 10.9. The number of carbonyl (C=O) groups excluding carboxylic acids is 1. The van der Waals surface area contributed by atoms with Crippen molar-refractivity contribution in [2.24, 2.45) is 11.7 Å². The molecular formula is C15H24N4O3S. The first-order valence-corrected chi connectivity index (χ1v) is 9.31. The van der Waals surface area contributed by atoms with E-state index in [4.69, 9.17) is 5.73 Å². The Morgan fingerprint density at radius 2 is 2.17 bits per heavy atom. The Labute approximate surface area is 137 Å². The van der Waals surface area contributed by atoms with Crippen molar-refractivity contribution < 1.29 is 13.2 Å². The average Bonchev–Trinajstić information content (AvgIpc) is 2.55. The minimum absolute atomic E-state index is 0.0259. The average molecular weight is 340 g/mol. The molecule has 0 spiro atoms. The summed E-state index contributed by atoms with van der Waals surface area (Å²) in [5, 5.41) is 0. The molecule has 0 aromatic carbocycles. The van der Waals surface area contributed by atoms with Gasteiger partial charge in [0, 0.05) is 44.5 Å². The predicted molar refractivity (Wildman–Crippen MR) is 87.0 cm³/mol. The van der Waals surface area contributed by atoms with Crippen molar-refractivity contribution in [2.45, 2.75) is 37.1 Å². The monoisotopic (exact) mass is 340 g/mol. The molecule has 1 aliphatic rings. The number of nitrogens with one attached hydrogen (secondary N) is 1. The van der Waals surface area contributed by atoms with Crippen LogP contribution in [-0.2, 0) is 14.8 Å². The van der Waals surface area contributed by atoms with Crippen LogP contribution in [0.15, 0.2) is 29.4 Å². The van der Waals surface area contributed by atoms with Crippen LogP contribution in [0.1, 0.15) is 26.2 Å². The van der Waals surface area contributed by atoms with E-state index in [0.29, 0.717) is 19.0 Å². The Morgan fingerprint density at radius 1 is 1.48 bits per heavy atom. The van der Waals surface area contributed by atoms with Gasteiger partial charge in [-0.2, -0.15) is 0 Å². The lowest BCUT2D eigenvalue weighted by molar-refractivity contribution is -0.132. The summed E-state index contributed by atoms with van der Waals surface area (Å²) >= 11 is 0. The molecule has 1 amide bonds. The molecular weight excluding hydrogens is 316 g/mol. The molecule has 2 rings (SSSR count). The van der Waals surface area contributed by atoms with Gasteiger partial charge in [0.15, 0.2) is 0 Å². The van der Waals surface area contributed by atoms with Crippen LogP contribution in [0.3, 0.4) is 0 Å². The number of amides is 1. The van der Waals surface area contributed by atoms with Gasteiger partial charge in [-0.25, -0.2) is 13.1 Å². The number of nitrogens with two attached hydrogens (primary N) is 1. The van der Waals surface area contributed by atoms with Crippen LogP contribution in [0.4, 0.5) is 0 Å². The number of hydrogen-bond acceptors (Lipinski definition) is 5. The smallest absolute Gasteiger partial charge is 0.242 e. The summed E-state index contributed by atoms with van der Waals surface area (Å²) in [5.41, 5.74) is 5.89. The second-order valence-electron chi connectivity index (χ2n) is 5.91. The molecule has 8 heteroatoms. The van der Waals surface area contributed by atoms with Crippen molar-refractivity contribution in [2.75, 3.05) is 19.6 Å². The van der Waals surface area contributed by atoms with Crippen LogP contribution >= 0.6 is 0 Å². The molecule has 128 valence electrons. The third kappa shape index (κ3) is 4.98. The predicted octanol–water partition coefficient (Wildman–Crippen LogP) is 0.336. The third-order valence-electron chi connectivity index (χ3n) is 4.21. The fourth-order valence-corrected chi connectivity index (χ4v) is 3.71. The van der Waals surface area contributed by atoms with E-state index < -0.39 is 10.0 Å². The van der Waals surface area contributed by atoms with E-state index in [1.807, 2.05) is 6.92 Å². The maximum atomic E-state index is 12.1. The van der Waals surface area contributed by atoms with Gasteiger partial charge in [0.1, 0.15) is 4.90 Å². The summed E-state index contributed by atoms with van der Waals surface area (Å²) in [6, 6.07) is 3.18. The molecule has 23 heavy (non-hydrogen) atoms.